The van der Waals surface area contributed by atoms with E-state index in [2.05, 4.69) is 16.0 Å². The molecule has 0 bridgehead atoms. The zero-order valence-electron chi connectivity index (χ0n) is 12.3. The molecule has 0 spiro atoms. The quantitative estimate of drug-likeness (QED) is 0.787. The van der Waals surface area contributed by atoms with Gasteiger partial charge in [-0.1, -0.05) is 6.07 Å². The Kier molecular flexibility index (Phi) is 4.26. The fourth-order valence-corrected chi connectivity index (χ4v) is 2.50. The smallest absolute Gasteiger partial charge is 0.321 e. The molecule has 1 aromatic rings. The van der Waals surface area contributed by atoms with E-state index in [4.69, 9.17) is 0 Å². The van der Waals surface area contributed by atoms with Crippen molar-refractivity contribution in [3.8, 4) is 0 Å². The van der Waals surface area contributed by atoms with Gasteiger partial charge in [0.15, 0.2) is 0 Å². The molecule has 6 nitrogen and oxygen atoms in total. The lowest BCUT2D eigenvalue weighted by molar-refractivity contribution is -0.129. The van der Waals surface area contributed by atoms with Gasteiger partial charge in [0.25, 0.3) is 0 Å². The van der Waals surface area contributed by atoms with Gasteiger partial charge in [-0.25, -0.2) is 4.79 Å². The number of imide groups is 1. The van der Waals surface area contributed by atoms with Crippen LogP contribution in [-0.4, -0.2) is 23.9 Å². The molecular weight excluding hydrogens is 270 g/mol. The molecule has 6 heteroatoms. The van der Waals surface area contributed by atoms with Gasteiger partial charge in [0.05, 0.1) is 5.92 Å². The first-order valence-electron chi connectivity index (χ1n) is 6.84. The van der Waals surface area contributed by atoms with Crippen molar-refractivity contribution >= 4 is 23.5 Å². The Hall–Kier alpha value is -2.37. The summed E-state index contributed by atoms with van der Waals surface area (Å²) in [7, 11) is 0. The van der Waals surface area contributed by atoms with E-state index in [0.29, 0.717) is 5.69 Å². The normalized spacial score (nSPS) is 21.5. The molecule has 2 unspecified atom stereocenters. The summed E-state index contributed by atoms with van der Waals surface area (Å²) in [6.07, 6.45) is 0.0280. The summed E-state index contributed by atoms with van der Waals surface area (Å²) in [5, 5.41) is 7.57. The maximum Gasteiger partial charge on any atom is 0.321 e. The summed E-state index contributed by atoms with van der Waals surface area (Å²) < 4.78 is 0. The SMILES string of the molecule is Cc1cc(C)cc(NC(=O)CC2C(=O)NC(=O)NC2C)c1. The maximum absolute atomic E-state index is 12.1. The highest BCUT2D eigenvalue weighted by Crippen LogP contribution is 2.17. The van der Waals surface area contributed by atoms with Crippen LogP contribution in [0.4, 0.5) is 10.5 Å². The molecule has 4 amide bonds. The third-order valence-electron chi connectivity index (χ3n) is 3.45. The number of aryl methyl sites for hydroxylation is 2. The molecule has 1 fully saturated rings. The molecular formula is C15H19N3O3. The molecule has 2 rings (SSSR count). The minimum atomic E-state index is -0.561. The topological polar surface area (TPSA) is 87.3 Å². The van der Waals surface area contributed by atoms with E-state index >= 15 is 0 Å². The van der Waals surface area contributed by atoms with E-state index in [9.17, 15) is 14.4 Å². The van der Waals surface area contributed by atoms with Gasteiger partial charge >= 0.3 is 6.03 Å². The van der Waals surface area contributed by atoms with Gasteiger partial charge in [-0.15, -0.1) is 0 Å². The number of urea groups is 1. The largest absolute Gasteiger partial charge is 0.335 e. The maximum atomic E-state index is 12.1. The van der Waals surface area contributed by atoms with Crippen LogP contribution in [0.3, 0.4) is 0 Å². The van der Waals surface area contributed by atoms with Gasteiger partial charge in [0, 0.05) is 18.2 Å². The van der Waals surface area contributed by atoms with Gasteiger partial charge < -0.3 is 10.6 Å². The number of hydrogen-bond acceptors (Lipinski definition) is 3. The van der Waals surface area contributed by atoms with Crippen LogP contribution in [0.15, 0.2) is 18.2 Å². The summed E-state index contributed by atoms with van der Waals surface area (Å²) in [6, 6.07) is 4.88. The van der Waals surface area contributed by atoms with E-state index < -0.39 is 17.9 Å². The second-order valence-electron chi connectivity index (χ2n) is 5.49. The lowest BCUT2D eigenvalue weighted by Crippen LogP contribution is -2.57. The summed E-state index contributed by atoms with van der Waals surface area (Å²) in [6.45, 7) is 5.62. The first-order valence-corrected chi connectivity index (χ1v) is 6.84. The van der Waals surface area contributed by atoms with Crippen LogP contribution in [0.25, 0.3) is 0 Å². The van der Waals surface area contributed by atoms with Crippen LogP contribution >= 0.6 is 0 Å². The van der Waals surface area contributed by atoms with E-state index in [1.54, 1.807) is 6.92 Å². The van der Waals surface area contributed by atoms with Crippen LogP contribution in [0.5, 0.6) is 0 Å². The Bertz CT molecular complexity index is 578. The first-order chi connectivity index (χ1) is 9.85. The monoisotopic (exact) mass is 289 g/mol. The summed E-state index contributed by atoms with van der Waals surface area (Å²) in [5.41, 5.74) is 2.83. The lowest BCUT2D eigenvalue weighted by atomic mass is 9.94. The summed E-state index contributed by atoms with van der Waals surface area (Å²) in [4.78, 5) is 35.0. The minimum Gasteiger partial charge on any atom is -0.335 e. The predicted octanol–water partition coefficient (Wildman–Crippen LogP) is 1.48. The molecule has 0 radical (unpaired) electrons. The molecule has 1 aliphatic rings. The van der Waals surface area contributed by atoms with Crippen molar-refractivity contribution in [1.82, 2.24) is 10.6 Å². The number of benzene rings is 1. The van der Waals surface area contributed by atoms with Gasteiger partial charge in [0.2, 0.25) is 11.8 Å². The van der Waals surface area contributed by atoms with Crippen LogP contribution < -0.4 is 16.0 Å². The zero-order chi connectivity index (χ0) is 15.6. The minimum absolute atomic E-state index is 0.0280. The predicted molar refractivity (Wildman–Crippen MR) is 78.8 cm³/mol. The Labute approximate surface area is 123 Å². The first kappa shape index (κ1) is 15.0. The van der Waals surface area contributed by atoms with Crippen LogP contribution in [0.2, 0.25) is 0 Å². The van der Waals surface area contributed by atoms with Crippen molar-refractivity contribution < 1.29 is 14.4 Å². The molecule has 3 N–H and O–H groups in total. The third-order valence-corrected chi connectivity index (χ3v) is 3.45. The molecule has 0 aliphatic carbocycles. The van der Waals surface area contributed by atoms with Gasteiger partial charge in [-0.05, 0) is 44.0 Å². The van der Waals surface area contributed by atoms with E-state index in [-0.39, 0.29) is 18.4 Å². The van der Waals surface area contributed by atoms with Crippen molar-refractivity contribution in [3.05, 3.63) is 29.3 Å². The number of anilines is 1. The van der Waals surface area contributed by atoms with Gasteiger partial charge in [0.1, 0.15) is 0 Å². The Morgan fingerprint density at radius 2 is 1.81 bits per heavy atom. The number of carbonyl (C=O) groups excluding carboxylic acids is 3. The van der Waals surface area contributed by atoms with Gasteiger partial charge in [-0.3, -0.25) is 14.9 Å². The highest BCUT2D eigenvalue weighted by Gasteiger charge is 2.34. The number of amides is 4. The Morgan fingerprint density at radius 3 is 2.38 bits per heavy atom. The molecule has 2 atom stereocenters. The van der Waals surface area contributed by atoms with Crippen molar-refractivity contribution in [2.45, 2.75) is 33.2 Å². The molecule has 1 aromatic carbocycles. The van der Waals surface area contributed by atoms with Crippen molar-refractivity contribution in [3.63, 3.8) is 0 Å². The second kappa shape index (κ2) is 5.95. The molecule has 1 aliphatic heterocycles. The number of hydrogen-bond donors (Lipinski definition) is 3. The molecule has 21 heavy (non-hydrogen) atoms. The van der Waals surface area contributed by atoms with Crippen molar-refractivity contribution in [2.24, 2.45) is 5.92 Å². The fraction of sp³-hybridized carbons (Fsp3) is 0.400. The molecule has 1 heterocycles. The van der Waals surface area contributed by atoms with Crippen molar-refractivity contribution in [1.29, 1.82) is 0 Å². The standard InChI is InChI=1S/C15H19N3O3/c1-8-4-9(2)6-11(5-8)17-13(19)7-12-10(3)16-15(21)18-14(12)20/h4-6,10,12H,7H2,1-3H3,(H,17,19)(H2,16,18,20,21). The molecule has 0 aromatic heterocycles. The second-order valence-corrected chi connectivity index (χ2v) is 5.49. The van der Waals surface area contributed by atoms with Crippen LogP contribution in [-0.2, 0) is 9.59 Å². The third kappa shape index (κ3) is 3.81. The van der Waals surface area contributed by atoms with E-state index in [0.717, 1.165) is 11.1 Å². The van der Waals surface area contributed by atoms with Crippen molar-refractivity contribution in [2.75, 3.05) is 5.32 Å². The van der Waals surface area contributed by atoms with E-state index in [1.165, 1.54) is 0 Å². The van der Waals surface area contributed by atoms with E-state index in [1.807, 2.05) is 32.0 Å². The van der Waals surface area contributed by atoms with Crippen LogP contribution in [0.1, 0.15) is 24.5 Å². The fourth-order valence-electron chi connectivity index (χ4n) is 2.50. The van der Waals surface area contributed by atoms with Gasteiger partial charge in [-0.2, -0.15) is 0 Å². The number of carbonyl (C=O) groups is 3. The highest BCUT2D eigenvalue weighted by atomic mass is 16.2. The van der Waals surface area contributed by atoms with Crippen LogP contribution in [0, 0.1) is 19.8 Å². The molecule has 0 saturated carbocycles. The Balaban J connectivity index is 2.01. The molecule has 1 saturated heterocycles. The number of nitrogens with one attached hydrogen (secondary N) is 3. The zero-order valence-corrected chi connectivity index (χ0v) is 12.3. The lowest BCUT2D eigenvalue weighted by Gasteiger charge is -2.28. The average Bonchev–Trinajstić information content (AvgIpc) is 2.32. The summed E-state index contributed by atoms with van der Waals surface area (Å²) in [5.74, 6) is -1.22. The molecule has 112 valence electrons. The summed E-state index contributed by atoms with van der Waals surface area (Å²) >= 11 is 0. The Morgan fingerprint density at radius 1 is 1.19 bits per heavy atom. The highest BCUT2D eigenvalue weighted by molar-refractivity contribution is 6.01. The average molecular weight is 289 g/mol. The number of rotatable bonds is 3.